The van der Waals surface area contributed by atoms with Crippen LogP contribution in [0.25, 0.3) is 0 Å². The van der Waals surface area contributed by atoms with Crippen LogP contribution in [0.4, 0.5) is 0 Å². The third-order valence-corrected chi connectivity index (χ3v) is 4.28. The lowest BCUT2D eigenvalue weighted by Gasteiger charge is -2.23. The molecule has 0 radical (unpaired) electrons. The molecule has 4 heteroatoms. The van der Waals surface area contributed by atoms with E-state index in [1.54, 1.807) is 0 Å². The van der Waals surface area contributed by atoms with Gasteiger partial charge in [-0.25, -0.2) is 0 Å². The molecule has 1 aliphatic heterocycles. The van der Waals surface area contributed by atoms with Crippen molar-refractivity contribution >= 4 is 5.97 Å². The van der Waals surface area contributed by atoms with E-state index in [2.05, 4.69) is 12.1 Å². The van der Waals surface area contributed by atoms with E-state index in [-0.39, 0.29) is 11.9 Å². The molecule has 4 nitrogen and oxygen atoms in total. The molecule has 108 valence electrons. The minimum absolute atomic E-state index is 0.0205. The van der Waals surface area contributed by atoms with Crippen molar-refractivity contribution in [2.24, 2.45) is 5.92 Å². The molecule has 1 aromatic rings. The first-order valence-electron chi connectivity index (χ1n) is 7.47. The van der Waals surface area contributed by atoms with Crippen LogP contribution in [-0.4, -0.2) is 45.4 Å². The van der Waals surface area contributed by atoms with Gasteiger partial charge in [-0.3, -0.25) is 4.79 Å². The van der Waals surface area contributed by atoms with Crippen LogP contribution >= 0.6 is 0 Å². The summed E-state index contributed by atoms with van der Waals surface area (Å²) >= 11 is 0. The predicted molar refractivity (Wildman–Crippen MR) is 74.7 cm³/mol. The Balaban J connectivity index is 1.42. The molecule has 3 rings (SSSR count). The summed E-state index contributed by atoms with van der Waals surface area (Å²) in [4.78, 5) is 13.6. The molecule has 0 aromatic heterocycles. The normalized spacial score (nSPS) is 19.8. The van der Waals surface area contributed by atoms with Gasteiger partial charge in [0.05, 0.1) is 19.1 Å². The third kappa shape index (κ3) is 3.19. The third-order valence-electron chi connectivity index (χ3n) is 4.28. The Kier molecular flexibility index (Phi) is 4.33. The van der Waals surface area contributed by atoms with E-state index in [4.69, 9.17) is 9.47 Å². The Morgan fingerprint density at radius 1 is 1.20 bits per heavy atom. The van der Waals surface area contributed by atoms with Crippen molar-refractivity contribution in [3.63, 3.8) is 0 Å². The van der Waals surface area contributed by atoms with Crippen molar-refractivity contribution in [3.05, 3.63) is 35.4 Å². The van der Waals surface area contributed by atoms with Gasteiger partial charge in [-0.15, -0.1) is 0 Å². The van der Waals surface area contributed by atoms with E-state index in [9.17, 15) is 4.79 Å². The minimum atomic E-state index is -0.0335. The highest BCUT2D eigenvalue weighted by molar-refractivity contribution is 5.74. The Bertz CT molecular complexity index is 444. The summed E-state index contributed by atoms with van der Waals surface area (Å²) in [6.45, 7) is 5.11. The number of carbonyl (C=O) groups is 1. The molecule has 1 saturated heterocycles. The standard InChI is InChI=1S/C16H21NO3/c18-16(20-10-7-17-5-8-19-9-6-17)15-11-13-3-1-2-4-14(13)12-15/h1-4,15H,5-12H2/p+1. The van der Waals surface area contributed by atoms with Crippen LogP contribution in [0.5, 0.6) is 0 Å². The molecule has 0 atom stereocenters. The first-order valence-corrected chi connectivity index (χ1v) is 7.47. The summed E-state index contributed by atoms with van der Waals surface area (Å²) in [6, 6.07) is 8.30. The van der Waals surface area contributed by atoms with Crippen molar-refractivity contribution < 1.29 is 19.2 Å². The zero-order valence-electron chi connectivity index (χ0n) is 11.8. The van der Waals surface area contributed by atoms with Crippen molar-refractivity contribution in [2.75, 3.05) is 39.5 Å². The van der Waals surface area contributed by atoms with Gasteiger partial charge in [0.2, 0.25) is 0 Å². The first kappa shape index (κ1) is 13.6. The number of quaternary nitrogens is 1. The number of rotatable bonds is 4. The number of benzene rings is 1. The number of morpholine rings is 1. The SMILES string of the molecule is O=C(OCC[NH+]1CCOCC1)C1Cc2ccccc2C1. The first-order chi connectivity index (χ1) is 9.83. The van der Waals surface area contributed by atoms with Crippen LogP contribution in [0, 0.1) is 5.92 Å². The lowest BCUT2D eigenvalue weighted by molar-refractivity contribution is -0.908. The van der Waals surface area contributed by atoms with Gasteiger partial charge in [-0.2, -0.15) is 0 Å². The van der Waals surface area contributed by atoms with Gasteiger partial charge in [-0.05, 0) is 24.0 Å². The molecule has 0 spiro atoms. The average Bonchev–Trinajstić information content (AvgIpc) is 2.92. The molecule has 1 heterocycles. The number of nitrogens with one attached hydrogen (secondary N) is 1. The zero-order chi connectivity index (χ0) is 13.8. The van der Waals surface area contributed by atoms with Crippen molar-refractivity contribution in [1.29, 1.82) is 0 Å². The van der Waals surface area contributed by atoms with Gasteiger partial charge in [0.1, 0.15) is 26.2 Å². The van der Waals surface area contributed by atoms with Gasteiger partial charge in [-0.1, -0.05) is 24.3 Å². The molecule has 20 heavy (non-hydrogen) atoms. The number of hydrogen-bond donors (Lipinski definition) is 1. The molecule has 0 bridgehead atoms. The van der Waals surface area contributed by atoms with Gasteiger partial charge in [0.15, 0.2) is 0 Å². The highest BCUT2D eigenvalue weighted by Crippen LogP contribution is 2.27. The van der Waals surface area contributed by atoms with Gasteiger partial charge < -0.3 is 14.4 Å². The Labute approximate surface area is 119 Å². The van der Waals surface area contributed by atoms with Gasteiger partial charge in [0.25, 0.3) is 0 Å². The van der Waals surface area contributed by atoms with Crippen LogP contribution in [0.2, 0.25) is 0 Å². The molecule has 0 saturated carbocycles. The van der Waals surface area contributed by atoms with E-state index >= 15 is 0 Å². The molecule has 2 aliphatic rings. The number of esters is 1. The fourth-order valence-electron chi connectivity index (χ4n) is 3.05. The second kappa shape index (κ2) is 6.37. The van der Waals surface area contributed by atoms with E-state index in [0.29, 0.717) is 6.61 Å². The van der Waals surface area contributed by atoms with E-state index in [1.165, 1.54) is 16.0 Å². The molecule has 0 amide bonds. The monoisotopic (exact) mass is 276 g/mol. The molecule has 1 fully saturated rings. The largest absolute Gasteiger partial charge is 0.459 e. The Hall–Kier alpha value is -1.39. The maximum Gasteiger partial charge on any atom is 0.309 e. The topological polar surface area (TPSA) is 40.0 Å². The maximum absolute atomic E-state index is 12.1. The number of fused-ring (bicyclic) bond motifs is 1. The second-order valence-electron chi connectivity index (χ2n) is 5.65. The van der Waals surface area contributed by atoms with Crippen molar-refractivity contribution in [3.8, 4) is 0 Å². The Morgan fingerprint density at radius 3 is 2.50 bits per heavy atom. The Morgan fingerprint density at radius 2 is 1.85 bits per heavy atom. The predicted octanol–water partition coefficient (Wildman–Crippen LogP) is -0.140. The van der Waals surface area contributed by atoms with Crippen LogP contribution in [0.1, 0.15) is 11.1 Å². The van der Waals surface area contributed by atoms with Crippen LogP contribution in [0.15, 0.2) is 24.3 Å². The van der Waals surface area contributed by atoms with Crippen LogP contribution in [0.3, 0.4) is 0 Å². The summed E-state index contributed by atoms with van der Waals surface area (Å²) in [5.41, 5.74) is 2.60. The van der Waals surface area contributed by atoms with E-state index in [0.717, 1.165) is 45.7 Å². The fraction of sp³-hybridized carbons (Fsp3) is 0.562. The quantitative estimate of drug-likeness (QED) is 0.778. The number of ether oxygens (including phenoxy) is 2. The summed E-state index contributed by atoms with van der Waals surface area (Å²) < 4.78 is 10.8. The summed E-state index contributed by atoms with van der Waals surface area (Å²) in [5.74, 6) is -0.0130. The molecule has 1 N–H and O–H groups in total. The summed E-state index contributed by atoms with van der Waals surface area (Å²) in [6.07, 6.45) is 1.67. The van der Waals surface area contributed by atoms with E-state index < -0.39 is 0 Å². The van der Waals surface area contributed by atoms with Crippen LogP contribution in [-0.2, 0) is 27.1 Å². The zero-order valence-corrected chi connectivity index (χ0v) is 11.8. The lowest BCUT2D eigenvalue weighted by Crippen LogP contribution is -3.14. The number of hydrogen-bond acceptors (Lipinski definition) is 3. The van der Waals surface area contributed by atoms with E-state index in [1.807, 2.05) is 12.1 Å². The van der Waals surface area contributed by atoms with Crippen molar-refractivity contribution in [2.45, 2.75) is 12.8 Å². The molecular formula is C16H22NO3+. The van der Waals surface area contributed by atoms with Gasteiger partial charge >= 0.3 is 5.97 Å². The minimum Gasteiger partial charge on any atom is -0.459 e. The number of carbonyl (C=O) groups excluding carboxylic acids is 1. The van der Waals surface area contributed by atoms with Gasteiger partial charge in [0, 0.05) is 0 Å². The fourth-order valence-corrected chi connectivity index (χ4v) is 3.05. The smallest absolute Gasteiger partial charge is 0.309 e. The average molecular weight is 276 g/mol. The molecule has 0 unspecified atom stereocenters. The van der Waals surface area contributed by atoms with Crippen molar-refractivity contribution in [1.82, 2.24) is 0 Å². The highest BCUT2D eigenvalue weighted by Gasteiger charge is 2.28. The molecule has 1 aliphatic carbocycles. The second-order valence-corrected chi connectivity index (χ2v) is 5.65. The molecular weight excluding hydrogens is 254 g/mol. The highest BCUT2D eigenvalue weighted by atomic mass is 16.5. The lowest BCUT2D eigenvalue weighted by atomic mass is 10.1. The molecule has 1 aromatic carbocycles. The summed E-state index contributed by atoms with van der Waals surface area (Å²) in [7, 11) is 0. The van der Waals surface area contributed by atoms with Crippen LogP contribution < -0.4 is 4.90 Å². The maximum atomic E-state index is 12.1. The summed E-state index contributed by atoms with van der Waals surface area (Å²) in [5, 5.41) is 0.